The van der Waals surface area contributed by atoms with Crippen LogP contribution in [-0.2, 0) is 11.0 Å². The SMILES string of the molecule is CN(CC(=O)O)C1CCCN(c2ccc(C(F)(F)F)cc2C#N)CC1. The molecule has 1 heterocycles. The highest BCUT2D eigenvalue weighted by Gasteiger charge is 2.31. The first-order valence-electron chi connectivity index (χ1n) is 8.00. The van der Waals surface area contributed by atoms with Gasteiger partial charge in [-0.1, -0.05) is 0 Å². The van der Waals surface area contributed by atoms with Gasteiger partial charge in [0, 0.05) is 19.1 Å². The third-order valence-corrected chi connectivity index (χ3v) is 4.49. The summed E-state index contributed by atoms with van der Waals surface area (Å²) < 4.78 is 38.4. The van der Waals surface area contributed by atoms with Crippen molar-refractivity contribution in [3.63, 3.8) is 0 Å². The number of hydrogen-bond donors (Lipinski definition) is 1. The second kappa shape index (κ2) is 7.74. The van der Waals surface area contributed by atoms with Gasteiger partial charge in [-0.2, -0.15) is 18.4 Å². The fraction of sp³-hybridized carbons (Fsp3) is 0.529. The molecule has 5 nitrogen and oxygen atoms in total. The zero-order chi connectivity index (χ0) is 18.6. The first-order valence-corrected chi connectivity index (χ1v) is 8.00. The average Bonchev–Trinajstić information content (AvgIpc) is 2.78. The van der Waals surface area contributed by atoms with Gasteiger partial charge in [0.25, 0.3) is 0 Å². The van der Waals surface area contributed by atoms with Crippen molar-refractivity contribution in [1.29, 1.82) is 5.26 Å². The van der Waals surface area contributed by atoms with E-state index in [9.17, 15) is 23.2 Å². The Hall–Kier alpha value is -2.27. The number of hydrogen-bond acceptors (Lipinski definition) is 4. The molecule has 0 saturated carbocycles. The van der Waals surface area contributed by atoms with E-state index in [4.69, 9.17) is 5.11 Å². The Morgan fingerprint density at radius 1 is 1.40 bits per heavy atom. The molecular formula is C17H20F3N3O2. The summed E-state index contributed by atoms with van der Waals surface area (Å²) in [5.74, 6) is -0.891. The Morgan fingerprint density at radius 3 is 2.72 bits per heavy atom. The molecule has 1 aliphatic rings. The van der Waals surface area contributed by atoms with Crippen LogP contribution in [0.2, 0.25) is 0 Å². The van der Waals surface area contributed by atoms with Crippen LogP contribution in [0.25, 0.3) is 0 Å². The highest BCUT2D eigenvalue weighted by atomic mass is 19.4. The monoisotopic (exact) mass is 355 g/mol. The number of aliphatic carboxylic acids is 1. The van der Waals surface area contributed by atoms with Crippen LogP contribution in [0, 0.1) is 11.3 Å². The molecule has 0 aliphatic carbocycles. The number of nitrogens with zero attached hydrogens (tertiary/aromatic N) is 3. The Labute approximate surface area is 144 Å². The Morgan fingerprint density at radius 2 is 2.12 bits per heavy atom. The van der Waals surface area contributed by atoms with Crippen molar-refractivity contribution in [2.75, 3.05) is 31.6 Å². The van der Waals surface area contributed by atoms with E-state index in [-0.39, 0.29) is 18.2 Å². The van der Waals surface area contributed by atoms with Crippen LogP contribution in [0.15, 0.2) is 18.2 Å². The molecule has 25 heavy (non-hydrogen) atoms. The van der Waals surface area contributed by atoms with Crippen LogP contribution in [-0.4, -0.2) is 48.7 Å². The van der Waals surface area contributed by atoms with Gasteiger partial charge in [0.2, 0.25) is 0 Å². The molecule has 0 aromatic heterocycles. The second-order valence-electron chi connectivity index (χ2n) is 6.22. The number of likely N-dealkylation sites (N-methyl/N-ethyl adjacent to an activating group) is 1. The van der Waals surface area contributed by atoms with Crippen LogP contribution >= 0.6 is 0 Å². The largest absolute Gasteiger partial charge is 0.480 e. The summed E-state index contributed by atoms with van der Waals surface area (Å²) in [6.45, 7) is 1.14. The molecule has 8 heteroatoms. The third kappa shape index (κ3) is 4.86. The lowest BCUT2D eigenvalue weighted by atomic mass is 10.1. The van der Waals surface area contributed by atoms with E-state index in [1.54, 1.807) is 11.9 Å². The van der Waals surface area contributed by atoms with Crippen LogP contribution < -0.4 is 4.90 Å². The molecule has 1 fully saturated rings. The summed E-state index contributed by atoms with van der Waals surface area (Å²) >= 11 is 0. The van der Waals surface area contributed by atoms with E-state index in [0.717, 1.165) is 25.0 Å². The molecule has 1 atom stereocenters. The molecule has 1 aromatic rings. The minimum absolute atomic E-state index is 0.00663. The summed E-state index contributed by atoms with van der Waals surface area (Å²) in [6.07, 6.45) is -2.20. The maximum Gasteiger partial charge on any atom is 0.416 e. The number of carboxylic acids is 1. The molecule has 1 aromatic carbocycles. The van der Waals surface area contributed by atoms with E-state index < -0.39 is 17.7 Å². The van der Waals surface area contributed by atoms with Crippen molar-refractivity contribution >= 4 is 11.7 Å². The minimum atomic E-state index is -4.48. The van der Waals surface area contributed by atoms with Gasteiger partial charge in [-0.3, -0.25) is 9.69 Å². The number of halogens is 3. The van der Waals surface area contributed by atoms with Gasteiger partial charge < -0.3 is 10.0 Å². The van der Waals surface area contributed by atoms with Crippen LogP contribution in [0.5, 0.6) is 0 Å². The smallest absolute Gasteiger partial charge is 0.416 e. The van der Waals surface area contributed by atoms with Crippen molar-refractivity contribution in [1.82, 2.24) is 4.90 Å². The van der Waals surface area contributed by atoms with Gasteiger partial charge in [0.1, 0.15) is 6.07 Å². The molecule has 1 aliphatic heterocycles. The maximum atomic E-state index is 12.8. The molecule has 1 N–H and O–H groups in total. The molecule has 0 amide bonds. The number of alkyl halides is 3. The van der Waals surface area contributed by atoms with Crippen molar-refractivity contribution in [3.05, 3.63) is 29.3 Å². The summed E-state index contributed by atoms with van der Waals surface area (Å²) in [7, 11) is 1.76. The van der Waals surface area contributed by atoms with Gasteiger partial charge in [-0.15, -0.1) is 0 Å². The van der Waals surface area contributed by atoms with E-state index >= 15 is 0 Å². The molecule has 0 radical (unpaired) electrons. The normalized spacial score (nSPS) is 18.7. The van der Waals surface area contributed by atoms with Crippen molar-refractivity contribution in [2.24, 2.45) is 0 Å². The minimum Gasteiger partial charge on any atom is -0.480 e. The van der Waals surface area contributed by atoms with E-state index in [2.05, 4.69) is 0 Å². The quantitative estimate of drug-likeness (QED) is 0.899. The predicted molar refractivity (Wildman–Crippen MR) is 86.3 cm³/mol. The number of rotatable bonds is 4. The van der Waals surface area contributed by atoms with Crippen molar-refractivity contribution in [2.45, 2.75) is 31.5 Å². The zero-order valence-electron chi connectivity index (χ0n) is 13.9. The second-order valence-corrected chi connectivity index (χ2v) is 6.22. The molecule has 2 rings (SSSR count). The zero-order valence-corrected chi connectivity index (χ0v) is 13.9. The lowest BCUT2D eigenvalue weighted by molar-refractivity contribution is -0.139. The van der Waals surface area contributed by atoms with Crippen LogP contribution in [0.4, 0.5) is 18.9 Å². The van der Waals surface area contributed by atoms with E-state index in [1.165, 1.54) is 6.07 Å². The first-order chi connectivity index (χ1) is 11.7. The molecule has 0 bridgehead atoms. The Bertz CT molecular complexity index is 670. The lowest BCUT2D eigenvalue weighted by Crippen LogP contribution is -2.36. The number of nitriles is 1. The van der Waals surface area contributed by atoms with E-state index in [0.29, 0.717) is 25.2 Å². The topological polar surface area (TPSA) is 67.6 Å². The Kier molecular flexibility index (Phi) is 5.90. The number of carbonyl (C=O) groups is 1. The highest BCUT2D eigenvalue weighted by molar-refractivity contribution is 5.69. The molecule has 1 saturated heterocycles. The molecular weight excluding hydrogens is 335 g/mol. The summed E-state index contributed by atoms with van der Waals surface area (Å²) in [4.78, 5) is 14.5. The van der Waals surface area contributed by atoms with Crippen LogP contribution in [0.1, 0.15) is 30.4 Å². The number of benzene rings is 1. The molecule has 136 valence electrons. The van der Waals surface area contributed by atoms with Gasteiger partial charge in [0.15, 0.2) is 0 Å². The average molecular weight is 355 g/mol. The van der Waals surface area contributed by atoms with Gasteiger partial charge in [0.05, 0.1) is 23.4 Å². The van der Waals surface area contributed by atoms with Crippen LogP contribution in [0.3, 0.4) is 0 Å². The van der Waals surface area contributed by atoms with Crippen molar-refractivity contribution in [3.8, 4) is 6.07 Å². The fourth-order valence-electron chi connectivity index (χ4n) is 3.18. The van der Waals surface area contributed by atoms with Gasteiger partial charge in [-0.25, -0.2) is 0 Å². The maximum absolute atomic E-state index is 12.8. The third-order valence-electron chi connectivity index (χ3n) is 4.49. The highest BCUT2D eigenvalue weighted by Crippen LogP contribution is 2.33. The predicted octanol–water partition coefficient (Wildman–Crippen LogP) is 2.95. The van der Waals surface area contributed by atoms with Gasteiger partial charge in [-0.05, 0) is 44.5 Å². The molecule has 1 unspecified atom stereocenters. The molecule has 0 spiro atoms. The number of anilines is 1. The first kappa shape index (κ1) is 19.1. The summed E-state index contributed by atoms with van der Waals surface area (Å²) in [6, 6.07) is 5.18. The fourth-order valence-corrected chi connectivity index (χ4v) is 3.18. The van der Waals surface area contributed by atoms with E-state index in [1.807, 2.05) is 11.0 Å². The van der Waals surface area contributed by atoms with Gasteiger partial charge >= 0.3 is 12.1 Å². The summed E-state index contributed by atoms with van der Waals surface area (Å²) in [5, 5.41) is 18.1. The standard InChI is InChI=1S/C17H20F3N3O2/c1-22(11-16(24)25)14-3-2-7-23(8-6-14)15-5-4-13(17(18,19)20)9-12(15)10-21/h4-5,9,14H,2-3,6-8,11H2,1H3,(H,24,25). The number of carboxylic acid groups (broad SMARTS) is 1. The van der Waals surface area contributed by atoms with Crippen molar-refractivity contribution < 1.29 is 23.1 Å². The summed E-state index contributed by atoms with van der Waals surface area (Å²) in [5.41, 5.74) is -0.328. The lowest BCUT2D eigenvalue weighted by Gasteiger charge is -2.27. The Balaban J connectivity index is 2.15.